The summed E-state index contributed by atoms with van der Waals surface area (Å²) in [6.45, 7) is 0. The molecule has 0 saturated heterocycles. The predicted molar refractivity (Wildman–Crippen MR) is 55.4 cm³/mol. The van der Waals surface area contributed by atoms with Crippen molar-refractivity contribution in [3.05, 3.63) is 23.4 Å². The Kier molecular flexibility index (Phi) is 2.54. The Labute approximate surface area is 86.5 Å². The third kappa shape index (κ3) is 1.85. The van der Waals surface area contributed by atoms with Crippen LogP contribution in [0.1, 0.15) is 29.9 Å². The number of hydrogen-bond acceptors (Lipinski definition) is 2. The molecule has 0 N–H and O–H groups in total. The van der Waals surface area contributed by atoms with Gasteiger partial charge in [0.05, 0.1) is 7.11 Å². The van der Waals surface area contributed by atoms with E-state index in [1.165, 1.54) is 18.4 Å². The largest absolute Gasteiger partial charge is 0.481 e. The second-order valence-electron chi connectivity index (χ2n) is 3.34. The standard InChI is InChI=1S/C10H12BrNO/c1-13-10-8(5-11)4-9(6-12-10)7-2-3-7/h4,6-7H,2-3,5H2,1H3. The monoisotopic (exact) mass is 241 g/mol. The average molecular weight is 242 g/mol. The first-order valence-electron chi connectivity index (χ1n) is 4.44. The summed E-state index contributed by atoms with van der Waals surface area (Å²) in [7, 11) is 1.66. The maximum absolute atomic E-state index is 5.15. The minimum Gasteiger partial charge on any atom is -0.481 e. The van der Waals surface area contributed by atoms with E-state index in [1.807, 2.05) is 6.20 Å². The number of methoxy groups -OCH3 is 1. The molecule has 1 saturated carbocycles. The lowest BCUT2D eigenvalue weighted by Gasteiger charge is -2.06. The molecule has 0 spiro atoms. The molecule has 1 aliphatic rings. The Morgan fingerprint density at radius 3 is 2.92 bits per heavy atom. The van der Waals surface area contributed by atoms with Gasteiger partial charge in [0.1, 0.15) is 0 Å². The molecule has 1 fully saturated rings. The van der Waals surface area contributed by atoms with Crippen molar-refractivity contribution in [1.29, 1.82) is 0 Å². The first kappa shape index (κ1) is 9.00. The van der Waals surface area contributed by atoms with Crippen molar-refractivity contribution in [1.82, 2.24) is 4.98 Å². The van der Waals surface area contributed by atoms with Gasteiger partial charge in [0.2, 0.25) is 5.88 Å². The molecule has 70 valence electrons. The van der Waals surface area contributed by atoms with E-state index in [0.717, 1.165) is 22.7 Å². The number of ether oxygens (including phenoxy) is 1. The van der Waals surface area contributed by atoms with Crippen LogP contribution in [0.5, 0.6) is 5.88 Å². The zero-order chi connectivity index (χ0) is 9.26. The molecule has 0 aliphatic heterocycles. The van der Waals surface area contributed by atoms with Crippen LogP contribution in [0, 0.1) is 0 Å². The van der Waals surface area contributed by atoms with Crippen LogP contribution in [0.15, 0.2) is 12.3 Å². The highest BCUT2D eigenvalue weighted by Crippen LogP contribution is 2.40. The SMILES string of the molecule is COc1ncc(C2CC2)cc1CBr. The van der Waals surface area contributed by atoms with Gasteiger partial charge in [-0.3, -0.25) is 0 Å². The van der Waals surface area contributed by atoms with E-state index in [-0.39, 0.29) is 0 Å². The molecule has 0 unspecified atom stereocenters. The summed E-state index contributed by atoms with van der Waals surface area (Å²) in [5.74, 6) is 1.50. The van der Waals surface area contributed by atoms with E-state index in [4.69, 9.17) is 4.74 Å². The molecule has 1 aromatic rings. The lowest BCUT2D eigenvalue weighted by atomic mass is 10.1. The van der Waals surface area contributed by atoms with Crippen LogP contribution in [0.25, 0.3) is 0 Å². The van der Waals surface area contributed by atoms with Gasteiger partial charge in [-0.05, 0) is 30.4 Å². The number of hydrogen-bond donors (Lipinski definition) is 0. The first-order chi connectivity index (χ1) is 6.35. The van der Waals surface area contributed by atoms with Crippen LogP contribution < -0.4 is 4.74 Å². The molecule has 0 radical (unpaired) electrons. The van der Waals surface area contributed by atoms with Gasteiger partial charge < -0.3 is 4.74 Å². The molecular weight excluding hydrogens is 230 g/mol. The third-order valence-corrected chi connectivity index (χ3v) is 2.94. The summed E-state index contributed by atoms with van der Waals surface area (Å²) in [6.07, 6.45) is 4.56. The summed E-state index contributed by atoms with van der Waals surface area (Å²) in [5.41, 5.74) is 2.50. The fourth-order valence-electron chi connectivity index (χ4n) is 1.44. The molecule has 13 heavy (non-hydrogen) atoms. The quantitative estimate of drug-likeness (QED) is 0.760. The lowest BCUT2D eigenvalue weighted by Crippen LogP contribution is -1.94. The Bertz CT molecular complexity index is 310. The highest BCUT2D eigenvalue weighted by atomic mass is 79.9. The molecule has 1 aliphatic carbocycles. The normalized spacial score (nSPS) is 15.8. The molecule has 2 rings (SSSR count). The molecule has 0 bridgehead atoms. The second-order valence-corrected chi connectivity index (χ2v) is 3.91. The van der Waals surface area contributed by atoms with Crippen molar-refractivity contribution in [2.24, 2.45) is 0 Å². The average Bonchev–Trinajstić information content (AvgIpc) is 3.00. The van der Waals surface area contributed by atoms with Crippen LogP contribution in [-0.4, -0.2) is 12.1 Å². The topological polar surface area (TPSA) is 22.1 Å². The fourth-order valence-corrected chi connectivity index (χ4v) is 1.84. The predicted octanol–water partition coefficient (Wildman–Crippen LogP) is 2.86. The number of pyridine rings is 1. The number of alkyl halides is 1. The van der Waals surface area contributed by atoms with Gasteiger partial charge in [0.15, 0.2) is 0 Å². The summed E-state index contributed by atoms with van der Waals surface area (Å²) >= 11 is 3.43. The van der Waals surface area contributed by atoms with Gasteiger partial charge in [-0.25, -0.2) is 4.98 Å². The Balaban J connectivity index is 2.31. The van der Waals surface area contributed by atoms with E-state index < -0.39 is 0 Å². The van der Waals surface area contributed by atoms with Crippen molar-refractivity contribution < 1.29 is 4.74 Å². The second kappa shape index (κ2) is 3.66. The number of halogens is 1. The molecule has 1 aromatic heterocycles. The van der Waals surface area contributed by atoms with Gasteiger partial charge in [0.25, 0.3) is 0 Å². The van der Waals surface area contributed by atoms with Crippen molar-refractivity contribution in [3.8, 4) is 5.88 Å². The number of rotatable bonds is 3. The van der Waals surface area contributed by atoms with E-state index >= 15 is 0 Å². The zero-order valence-corrected chi connectivity index (χ0v) is 9.17. The van der Waals surface area contributed by atoms with Crippen LogP contribution >= 0.6 is 15.9 Å². The molecular formula is C10H12BrNO. The summed E-state index contributed by atoms with van der Waals surface area (Å²) in [4.78, 5) is 4.28. The van der Waals surface area contributed by atoms with Gasteiger partial charge in [-0.2, -0.15) is 0 Å². The maximum Gasteiger partial charge on any atom is 0.217 e. The summed E-state index contributed by atoms with van der Waals surface area (Å²) < 4.78 is 5.15. The summed E-state index contributed by atoms with van der Waals surface area (Å²) in [6, 6.07) is 2.19. The minimum absolute atomic E-state index is 0.737. The van der Waals surface area contributed by atoms with Crippen LogP contribution in [0.4, 0.5) is 0 Å². The van der Waals surface area contributed by atoms with Crippen LogP contribution in [0.3, 0.4) is 0 Å². The lowest BCUT2D eigenvalue weighted by molar-refractivity contribution is 0.394. The molecule has 0 aromatic carbocycles. The third-order valence-electron chi connectivity index (χ3n) is 2.33. The highest BCUT2D eigenvalue weighted by molar-refractivity contribution is 9.08. The van der Waals surface area contributed by atoms with Crippen molar-refractivity contribution in [3.63, 3.8) is 0 Å². The maximum atomic E-state index is 5.15. The van der Waals surface area contributed by atoms with Gasteiger partial charge in [-0.1, -0.05) is 15.9 Å². The molecule has 2 nitrogen and oxygen atoms in total. The Morgan fingerprint density at radius 1 is 1.62 bits per heavy atom. The van der Waals surface area contributed by atoms with Crippen molar-refractivity contribution >= 4 is 15.9 Å². The van der Waals surface area contributed by atoms with Crippen LogP contribution in [0.2, 0.25) is 0 Å². The van der Waals surface area contributed by atoms with Crippen LogP contribution in [-0.2, 0) is 5.33 Å². The highest BCUT2D eigenvalue weighted by Gasteiger charge is 2.24. The smallest absolute Gasteiger partial charge is 0.217 e. The van der Waals surface area contributed by atoms with Gasteiger partial charge >= 0.3 is 0 Å². The van der Waals surface area contributed by atoms with E-state index in [1.54, 1.807) is 7.11 Å². The van der Waals surface area contributed by atoms with Crippen molar-refractivity contribution in [2.75, 3.05) is 7.11 Å². The molecule has 1 heterocycles. The molecule has 0 amide bonds. The van der Waals surface area contributed by atoms with Gasteiger partial charge in [0, 0.05) is 17.1 Å². The molecule has 3 heteroatoms. The zero-order valence-electron chi connectivity index (χ0n) is 7.59. The van der Waals surface area contributed by atoms with Crippen molar-refractivity contribution in [2.45, 2.75) is 24.1 Å². The minimum atomic E-state index is 0.737. The van der Waals surface area contributed by atoms with E-state index in [0.29, 0.717) is 0 Å². The molecule has 0 atom stereocenters. The summed E-state index contributed by atoms with van der Waals surface area (Å²) in [5, 5.41) is 0.809. The first-order valence-corrected chi connectivity index (χ1v) is 5.56. The Hall–Kier alpha value is -0.570. The van der Waals surface area contributed by atoms with E-state index in [9.17, 15) is 0 Å². The number of aromatic nitrogens is 1. The van der Waals surface area contributed by atoms with E-state index in [2.05, 4.69) is 27.0 Å². The number of nitrogens with zero attached hydrogens (tertiary/aromatic N) is 1. The van der Waals surface area contributed by atoms with Gasteiger partial charge in [-0.15, -0.1) is 0 Å². The Morgan fingerprint density at radius 2 is 2.38 bits per heavy atom. The fraction of sp³-hybridized carbons (Fsp3) is 0.500.